The first-order valence-electron chi connectivity index (χ1n) is 4.90. The van der Waals surface area contributed by atoms with Crippen LogP contribution in [0.4, 0.5) is 5.82 Å². The monoisotopic (exact) mass is 187 g/mol. The van der Waals surface area contributed by atoms with Gasteiger partial charge in [-0.15, -0.1) is 0 Å². The number of nitrogens with zero attached hydrogens (tertiary/aromatic N) is 2. The van der Waals surface area contributed by atoms with Gasteiger partial charge in [0.15, 0.2) is 0 Å². The molecule has 0 radical (unpaired) electrons. The van der Waals surface area contributed by atoms with Crippen molar-refractivity contribution < 1.29 is 0 Å². The van der Waals surface area contributed by atoms with Crippen LogP contribution in [-0.2, 0) is 0 Å². The Balaban J connectivity index is 2.00. The summed E-state index contributed by atoms with van der Waals surface area (Å²) in [5, 5.41) is 12.0. The Kier molecular flexibility index (Phi) is 2.36. The molecule has 2 rings (SSSR count). The van der Waals surface area contributed by atoms with E-state index in [0.29, 0.717) is 11.6 Å². The van der Waals surface area contributed by atoms with Crippen LogP contribution in [0, 0.1) is 17.2 Å². The van der Waals surface area contributed by atoms with Gasteiger partial charge in [-0.25, -0.2) is 4.98 Å². The zero-order valence-corrected chi connectivity index (χ0v) is 8.20. The van der Waals surface area contributed by atoms with Gasteiger partial charge in [-0.05, 0) is 30.9 Å². The van der Waals surface area contributed by atoms with E-state index in [1.807, 2.05) is 0 Å². The summed E-state index contributed by atoms with van der Waals surface area (Å²) in [6, 6.07) is 6.16. The highest BCUT2D eigenvalue weighted by Gasteiger charge is 2.25. The number of aromatic nitrogens is 1. The van der Waals surface area contributed by atoms with Gasteiger partial charge in [0.25, 0.3) is 0 Å². The van der Waals surface area contributed by atoms with Crippen molar-refractivity contribution in [3.63, 3.8) is 0 Å². The molecule has 1 aliphatic rings. The van der Waals surface area contributed by atoms with Crippen LogP contribution in [0.5, 0.6) is 0 Å². The van der Waals surface area contributed by atoms with Crippen LogP contribution >= 0.6 is 0 Å². The van der Waals surface area contributed by atoms with Crippen molar-refractivity contribution in [2.75, 3.05) is 5.32 Å². The molecule has 14 heavy (non-hydrogen) atoms. The summed E-state index contributed by atoms with van der Waals surface area (Å²) in [6.45, 7) is 2.25. The van der Waals surface area contributed by atoms with E-state index in [-0.39, 0.29) is 0 Å². The van der Waals surface area contributed by atoms with Crippen LogP contribution in [0.25, 0.3) is 0 Å². The minimum absolute atomic E-state index is 0.548. The fraction of sp³-hybridized carbons (Fsp3) is 0.455. The minimum atomic E-state index is 0.548. The first-order valence-corrected chi connectivity index (χ1v) is 4.90. The van der Waals surface area contributed by atoms with E-state index in [1.54, 1.807) is 18.3 Å². The standard InChI is InChI=1S/C11H13N3/c1-8-4-10(5-8)14-11-6-9(7-12)2-3-13-11/h2-3,6,8,10H,4-5H2,1H3,(H,13,14). The summed E-state index contributed by atoms with van der Waals surface area (Å²) in [7, 11) is 0. The van der Waals surface area contributed by atoms with Crippen molar-refractivity contribution in [1.29, 1.82) is 5.26 Å². The normalized spacial score (nSPS) is 24.9. The van der Waals surface area contributed by atoms with E-state index in [0.717, 1.165) is 11.7 Å². The SMILES string of the molecule is CC1CC(Nc2cc(C#N)ccn2)C1. The molecular formula is C11H13N3. The molecule has 0 unspecified atom stereocenters. The highest BCUT2D eigenvalue weighted by atomic mass is 15.0. The molecular weight excluding hydrogens is 174 g/mol. The predicted octanol–water partition coefficient (Wildman–Crippen LogP) is 2.16. The fourth-order valence-corrected chi connectivity index (χ4v) is 1.81. The third-order valence-corrected chi connectivity index (χ3v) is 2.61. The number of pyridine rings is 1. The van der Waals surface area contributed by atoms with E-state index >= 15 is 0 Å². The van der Waals surface area contributed by atoms with Gasteiger partial charge < -0.3 is 5.32 Å². The molecule has 0 amide bonds. The lowest BCUT2D eigenvalue weighted by atomic mass is 9.82. The number of nitrogens with one attached hydrogen (secondary N) is 1. The van der Waals surface area contributed by atoms with Gasteiger partial charge in [0.2, 0.25) is 0 Å². The third kappa shape index (κ3) is 1.85. The van der Waals surface area contributed by atoms with Gasteiger partial charge in [-0.1, -0.05) is 6.92 Å². The number of anilines is 1. The molecule has 0 atom stereocenters. The van der Waals surface area contributed by atoms with E-state index < -0.39 is 0 Å². The molecule has 72 valence electrons. The first-order chi connectivity index (χ1) is 6.78. The maximum atomic E-state index is 8.70. The van der Waals surface area contributed by atoms with Gasteiger partial charge in [0.1, 0.15) is 5.82 Å². The van der Waals surface area contributed by atoms with Crippen molar-refractivity contribution in [3.05, 3.63) is 23.9 Å². The molecule has 0 spiro atoms. The Morgan fingerprint density at radius 2 is 2.36 bits per heavy atom. The number of nitriles is 1. The molecule has 1 heterocycles. The predicted molar refractivity (Wildman–Crippen MR) is 54.8 cm³/mol. The van der Waals surface area contributed by atoms with E-state index in [1.165, 1.54) is 12.8 Å². The summed E-state index contributed by atoms with van der Waals surface area (Å²) in [5.74, 6) is 1.65. The second-order valence-electron chi connectivity index (χ2n) is 3.96. The van der Waals surface area contributed by atoms with Gasteiger partial charge in [0, 0.05) is 12.2 Å². The number of hydrogen-bond acceptors (Lipinski definition) is 3. The second kappa shape index (κ2) is 3.67. The highest BCUT2D eigenvalue weighted by molar-refractivity contribution is 5.43. The molecule has 1 fully saturated rings. The molecule has 1 aromatic heterocycles. The van der Waals surface area contributed by atoms with Crippen LogP contribution in [0.2, 0.25) is 0 Å². The van der Waals surface area contributed by atoms with Crippen LogP contribution < -0.4 is 5.32 Å². The van der Waals surface area contributed by atoms with E-state index in [4.69, 9.17) is 5.26 Å². The molecule has 1 aliphatic carbocycles. The average molecular weight is 187 g/mol. The van der Waals surface area contributed by atoms with Gasteiger partial charge >= 0.3 is 0 Å². The van der Waals surface area contributed by atoms with E-state index in [9.17, 15) is 0 Å². The van der Waals surface area contributed by atoms with Crippen molar-refractivity contribution in [2.45, 2.75) is 25.8 Å². The van der Waals surface area contributed by atoms with Gasteiger partial charge in [-0.3, -0.25) is 0 Å². The second-order valence-corrected chi connectivity index (χ2v) is 3.96. The largest absolute Gasteiger partial charge is 0.367 e. The van der Waals surface area contributed by atoms with Crippen molar-refractivity contribution >= 4 is 5.82 Å². The van der Waals surface area contributed by atoms with Crippen molar-refractivity contribution in [3.8, 4) is 6.07 Å². The van der Waals surface area contributed by atoms with E-state index in [2.05, 4.69) is 23.3 Å². The van der Waals surface area contributed by atoms with Gasteiger partial charge in [-0.2, -0.15) is 5.26 Å². The Morgan fingerprint density at radius 1 is 1.57 bits per heavy atom. The third-order valence-electron chi connectivity index (χ3n) is 2.61. The minimum Gasteiger partial charge on any atom is -0.367 e. The zero-order chi connectivity index (χ0) is 9.97. The lowest BCUT2D eigenvalue weighted by Crippen LogP contribution is -2.34. The Morgan fingerprint density at radius 3 is 3.00 bits per heavy atom. The first kappa shape index (κ1) is 9.01. The van der Waals surface area contributed by atoms with Crippen LogP contribution in [0.15, 0.2) is 18.3 Å². The topological polar surface area (TPSA) is 48.7 Å². The number of hydrogen-bond donors (Lipinski definition) is 1. The Labute approximate surface area is 83.8 Å². The molecule has 0 bridgehead atoms. The summed E-state index contributed by atoms with van der Waals surface area (Å²) < 4.78 is 0. The molecule has 1 N–H and O–H groups in total. The number of rotatable bonds is 2. The fourth-order valence-electron chi connectivity index (χ4n) is 1.81. The quantitative estimate of drug-likeness (QED) is 0.771. The molecule has 1 saturated carbocycles. The molecule has 0 aromatic carbocycles. The lowest BCUT2D eigenvalue weighted by molar-refractivity contribution is 0.308. The van der Waals surface area contributed by atoms with Gasteiger partial charge in [0.05, 0.1) is 11.6 Å². The average Bonchev–Trinajstić information content (AvgIpc) is 2.16. The maximum absolute atomic E-state index is 8.70. The Hall–Kier alpha value is -1.56. The smallest absolute Gasteiger partial charge is 0.127 e. The zero-order valence-electron chi connectivity index (χ0n) is 8.20. The van der Waals surface area contributed by atoms with Crippen LogP contribution in [0.3, 0.4) is 0 Å². The molecule has 3 nitrogen and oxygen atoms in total. The molecule has 0 saturated heterocycles. The summed E-state index contributed by atoms with van der Waals surface area (Å²) in [5.41, 5.74) is 0.662. The maximum Gasteiger partial charge on any atom is 0.127 e. The van der Waals surface area contributed by atoms with Crippen molar-refractivity contribution in [2.24, 2.45) is 5.92 Å². The molecule has 0 aliphatic heterocycles. The van der Waals surface area contributed by atoms with Crippen LogP contribution in [0.1, 0.15) is 25.3 Å². The molecule has 3 heteroatoms. The highest BCUT2D eigenvalue weighted by Crippen LogP contribution is 2.28. The summed E-state index contributed by atoms with van der Waals surface area (Å²) in [4.78, 5) is 4.17. The summed E-state index contributed by atoms with van der Waals surface area (Å²) >= 11 is 0. The van der Waals surface area contributed by atoms with Crippen molar-refractivity contribution in [1.82, 2.24) is 4.98 Å². The Bertz CT molecular complexity index is 361. The lowest BCUT2D eigenvalue weighted by Gasteiger charge is -2.33. The molecule has 1 aromatic rings. The van der Waals surface area contributed by atoms with Crippen LogP contribution in [-0.4, -0.2) is 11.0 Å². The summed E-state index contributed by atoms with van der Waals surface area (Å²) in [6.07, 6.45) is 4.08.